The fraction of sp³-hybridized carbons (Fsp3) is 0.636. The molecule has 1 aromatic heterocycles. The normalized spacial score (nSPS) is 20.0. The summed E-state index contributed by atoms with van der Waals surface area (Å²) in [5.74, 6) is 0.614. The van der Waals surface area contributed by atoms with Gasteiger partial charge in [0.05, 0.1) is 5.69 Å². The Morgan fingerprint density at radius 3 is 3.07 bits per heavy atom. The first-order valence-electron chi connectivity index (χ1n) is 5.30. The maximum Gasteiger partial charge on any atom is 0.303 e. The van der Waals surface area contributed by atoms with Crippen LogP contribution in [-0.4, -0.2) is 20.6 Å². The van der Waals surface area contributed by atoms with Gasteiger partial charge < -0.3 is 9.67 Å². The summed E-state index contributed by atoms with van der Waals surface area (Å²) < 4.78 is 2.09. The molecule has 1 atom stereocenters. The number of hydrogen-bond acceptors (Lipinski definition) is 2. The number of carboxylic acid groups (broad SMARTS) is 1. The SMILES string of the molecule is Cc1nc2c(n1C)CC(CC(=O)O)CC2. The van der Waals surface area contributed by atoms with E-state index < -0.39 is 5.97 Å². The molecule has 4 nitrogen and oxygen atoms in total. The number of aliphatic carboxylic acids is 1. The van der Waals surface area contributed by atoms with Gasteiger partial charge in [0.15, 0.2) is 0 Å². The van der Waals surface area contributed by atoms with E-state index in [2.05, 4.69) is 9.55 Å². The summed E-state index contributed by atoms with van der Waals surface area (Å²) in [7, 11) is 2.00. The maximum absolute atomic E-state index is 10.6. The molecule has 0 spiro atoms. The van der Waals surface area contributed by atoms with Gasteiger partial charge in [-0.2, -0.15) is 0 Å². The predicted octanol–water partition coefficient (Wildman–Crippen LogP) is 1.31. The molecule has 0 aliphatic heterocycles. The first-order chi connectivity index (χ1) is 7.08. The fourth-order valence-corrected chi connectivity index (χ4v) is 2.32. The lowest BCUT2D eigenvalue weighted by molar-refractivity contribution is -0.138. The van der Waals surface area contributed by atoms with Crippen molar-refractivity contribution in [2.24, 2.45) is 13.0 Å². The van der Waals surface area contributed by atoms with Gasteiger partial charge in [-0.25, -0.2) is 4.98 Å². The van der Waals surface area contributed by atoms with Crippen molar-refractivity contribution in [3.8, 4) is 0 Å². The van der Waals surface area contributed by atoms with Gasteiger partial charge in [0.25, 0.3) is 0 Å². The summed E-state index contributed by atoms with van der Waals surface area (Å²) >= 11 is 0. The van der Waals surface area contributed by atoms with Gasteiger partial charge in [0.1, 0.15) is 5.82 Å². The first kappa shape index (κ1) is 10.2. The van der Waals surface area contributed by atoms with Crippen molar-refractivity contribution in [2.75, 3.05) is 0 Å². The average molecular weight is 208 g/mol. The van der Waals surface area contributed by atoms with E-state index >= 15 is 0 Å². The number of rotatable bonds is 2. The van der Waals surface area contributed by atoms with Gasteiger partial charge in [-0.05, 0) is 32.1 Å². The maximum atomic E-state index is 10.6. The molecule has 1 N–H and O–H groups in total. The zero-order chi connectivity index (χ0) is 11.0. The minimum absolute atomic E-state index is 0.281. The van der Waals surface area contributed by atoms with E-state index in [0.29, 0.717) is 0 Å². The summed E-state index contributed by atoms with van der Waals surface area (Å²) in [5.41, 5.74) is 2.39. The van der Waals surface area contributed by atoms with Crippen molar-refractivity contribution >= 4 is 5.97 Å². The van der Waals surface area contributed by atoms with Crippen LogP contribution in [0.1, 0.15) is 30.1 Å². The van der Waals surface area contributed by atoms with Gasteiger partial charge in [-0.15, -0.1) is 0 Å². The van der Waals surface area contributed by atoms with E-state index in [4.69, 9.17) is 5.11 Å². The van der Waals surface area contributed by atoms with Crippen LogP contribution in [0.15, 0.2) is 0 Å². The van der Waals surface area contributed by atoms with Crippen LogP contribution in [-0.2, 0) is 24.7 Å². The molecule has 0 radical (unpaired) electrons. The standard InChI is InChI=1S/C11H16N2O2/c1-7-12-9-4-3-8(6-11(14)15)5-10(9)13(7)2/h8H,3-6H2,1-2H3,(H,14,15). The molecule has 0 saturated heterocycles. The highest BCUT2D eigenvalue weighted by Crippen LogP contribution is 2.27. The van der Waals surface area contributed by atoms with Crippen LogP contribution >= 0.6 is 0 Å². The van der Waals surface area contributed by atoms with E-state index in [0.717, 1.165) is 30.8 Å². The summed E-state index contributed by atoms with van der Waals surface area (Å²) in [5, 5.41) is 8.77. The van der Waals surface area contributed by atoms with Gasteiger partial charge in [-0.1, -0.05) is 0 Å². The molecule has 0 fully saturated rings. The molecular weight excluding hydrogens is 192 g/mol. The second-order valence-corrected chi connectivity index (χ2v) is 4.32. The number of hydrogen-bond donors (Lipinski definition) is 1. The van der Waals surface area contributed by atoms with Gasteiger partial charge in [0.2, 0.25) is 0 Å². The van der Waals surface area contributed by atoms with Crippen LogP contribution in [0.25, 0.3) is 0 Å². The number of carbonyl (C=O) groups is 1. The molecular formula is C11H16N2O2. The van der Waals surface area contributed by atoms with Crippen molar-refractivity contribution in [2.45, 2.75) is 32.6 Å². The lowest BCUT2D eigenvalue weighted by Gasteiger charge is -2.20. The number of aromatic nitrogens is 2. The Labute approximate surface area is 88.9 Å². The Morgan fingerprint density at radius 2 is 2.40 bits per heavy atom. The molecule has 2 rings (SSSR count). The third-order valence-corrected chi connectivity index (χ3v) is 3.25. The molecule has 15 heavy (non-hydrogen) atoms. The average Bonchev–Trinajstić information content (AvgIpc) is 2.43. The fourth-order valence-electron chi connectivity index (χ4n) is 2.32. The van der Waals surface area contributed by atoms with E-state index in [9.17, 15) is 4.79 Å². The molecule has 4 heteroatoms. The molecule has 0 saturated carbocycles. The summed E-state index contributed by atoms with van der Waals surface area (Å²) in [6.45, 7) is 1.99. The summed E-state index contributed by atoms with van der Waals surface area (Å²) in [6.07, 6.45) is 3.02. The number of carboxylic acids is 1. The monoisotopic (exact) mass is 208 g/mol. The van der Waals surface area contributed by atoms with Gasteiger partial charge >= 0.3 is 5.97 Å². The molecule has 1 aliphatic carbocycles. The molecule has 0 amide bonds. The van der Waals surface area contributed by atoms with E-state index in [1.165, 1.54) is 5.69 Å². The Balaban J connectivity index is 2.18. The Bertz CT molecular complexity index is 396. The van der Waals surface area contributed by atoms with Crippen molar-refractivity contribution < 1.29 is 9.90 Å². The number of aryl methyl sites for hydroxylation is 2. The zero-order valence-electron chi connectivity index (χ0n) is 9.16. The van der Waals surface area contributed by atoms with E-state index in [1.54, 1.807) is 0 Å². The molecule has 1 aromatic rings. The third-order valence-electron chi connectivity index (χ3n) is 3.25. The second kappa shape index (κ2) is 3.68. The second-order valence-electron chi connectivity index (χ2n) is 4.32. The summed E-state index contributed by atoms with van der Waals surface area (Å²) in [6, 6.07) is 0. The predicted molar refractivity (Wildman–Crippen MR) is 55.7 cm³/mol. The lowest BCUT2D eigenvalue weighted by Crippen LogP contribution is -2.19. The number of imidazole rings is 1. The highest BCUT2D eigenvalue weighted by atomic mass is 16.4. The van der Waals surface area contributed by atoms with Gasteiger partial charge in [0, 0.05) is 19.2 Å². The minimum Gasteiger partial charge on any atom is -0.481 e. The van der Waals surface area contributed by atoms with Crippen LogP contribution < -0.4 is 0 Å². The topological polar surface area (TPSA) is 55.1 Å². The number of fused-ring (bicyclic) bond motifs is 1. The summed E-state index contributed by atoms with van der Waals surface area (Å²) in [4.78, 5) is 15.1. The van der Waals surface area contributed by atoms with Crippen LogP contribution in [0, 0.1) is 12.8 Å². The molecule has 1 unspecified atom stereocenters. The highest BCUT2D eigenvalue weighted by Gasteiger charge is 2.24. The third kappa shape index (κ3) is 1.89. The van der Waals surface area contributed by atoms with Crippen molar-refractivity contribution in [3.05, 3.63) is 17.2 Å². The Kier molecular flexibility index (Phi) is 2.50. The van der Waals surface area contributed by atoms with Crippen molar-refractivity contribution in [3.63, 3.8) is 0 Å². The van der Waals surface area contributed by atoms with Crippen LogP contribution in [0.5, 0.6) is 0 Å². The van der Waals surface area contributed by atoms with E-state index in [1.807, 2.05) is 14.0 Å². The quantitative estimate of drug-likeness (QED) is 0.797. The Morgan fingerprint density at radius 1 is 1.67 bits per heavy atom. The molecule has 0 bridgehead atoms. The van der Waals surface area contributed by atoms with Crippen molar-refractivity contribution in [1.29, 1.82) is 0 Å². The minimum atomic E-state index is -0.692. The van der Waals surface area contributed by atoms with Crippen LogP contribution in [0.3, 0.4) is 0 Å². The zero-order valence-corrected chi connectivity index (χ0v) is 9.16. The first-order valence-corrected chi connectivity index (χ1v) is 5.30. The van der Waals surface area contributed by atoms with Crippen molar-refractivity contribution in [1.82, 2.24) is 9.55 Å². The van der Waals surface area contributed by atoms with Crippen LogP contribution in [0.2, 0.25) is 0 Å². The van der Waals surface area contributed by atoms with Gasteiger partial charge in [-0.3, -0.25) is 4.79 Å². The molecule has 0 aromatic carbocycles. The number of nitrogens with zero attached hydrogens (tertiary/aromatic N) is 2. The smallest absolute Gasteiger partial charge is 0.303 e. The Hall–Kier alpha value is -1.32. The highest BCUT2D eigenvalue weighted by molar-refractivity contribution is 5.67. The molecule has 82 valence electrons. The van der Waals surface area contributed by atoms with E-state index in [-0.39, 0.29) is 12.3 Å². The largest absolute Gasteiger partial charge is 0.481 e. The lowest BCUT2D eigenvalue weighted by atomic mass is 9.87. The van der Waals surface area contributed by atoms with Crippen LogP contribution in [0.4, 0.5) is 0 Å². The molecule has 1 heterocycles. The molecule has 1 aliphatic rings.